The van der Waals surface area contributed by atoms with Gasteiger partial charge in [0.15, 0.2) is 6.10 Å². The molecule has 0 bridgehead atoms. The van der Waals surface area contributed by atoms with Gasteiger partial charge in [-0.1, -0.05) is 0 Å². The SMILES string of the molecule is COC(=O)C(O)CNC(=O)CC1CCCO1. The Morgan fingerprint density at radius 3 is 2.94 bits per heavy atom. The summed E-state index contributed by atoms with van der Waals surface area (Å²) >= 11 is 0. The minimum atomic E-state index is -1.31. The molecular formula is C10H17NO5. The molecule has 1 rings (SSSR count). The molecule has 1 amide bonds. The Morgan fingerprint density at radius 2 is 2.38 bits per heavy atom. The number of aliphatic hydroxyl groups excluding tert-OH is 1. The van der Waals surface area contributed by atoms with Gasteiger partial charge in [0.1, 0.15) is 0 Å². The molecule has 1 heterocycles. The van der Waals surface area contributed by atoms with E-state index in [0.717, 1.165) is 12.8 Å². The lowest BCUT2D eigenvalue weighted by Crippen LogP contribution is -2.38. The normalized spacial score (nSPS) is 21.5. The molecule has 1 aliphatic rings. The van der Waals surface area contributed by atoms with E-state index in [1.165, 1.54) is 7.11 Å². The quantitative estimate of drug-likeness (QED) is 0.605. The average molecular weight is 231 g/mol. The van der Waals surface area contributed by atoms with Gasteiger partial charge in [-0.25, -0.2) is 4.79 Å². The highest BCUT2D eigenvalue weighted by atomic mass is 16.5. The third-order valence-electron chi connectivity index (χ3n) is 2.40. The molecule has 0 aliphatic carbocycles. The Kier molecular flexibility index (Phi) is 5.21. The van der Waals surface area contributed by atoms with E-state index in [9.17, 15) is 14.7 Å². The van der Waals surface area contributed by atoms with Gasteiger partial charge in [-0.3, -0.25) is 4.79 Å². The molecule has 1 fully saturated rings. The van der Waals surface area contributed by atoms with Gasteiger partial charge in [0.25, 0.3) is 0 Å². The van der Waals surface area contributed by atoms with Crippen LogP contribution in [0.2, 0.25) is 0 Å². The van der Waals surface area contributed by atoms with Crippen LogP contribution in [0.3, 0.4) is 0 Å². The minimum Gasteiger partial charge on any atom is -0.467 e. The zero-order chi connectivity index (χ0) is 12.0. The first-order valence-electron chi connectivity index (χ1n) is 5.27. The number of amides is 1. The first-order chi connectivity index (χ1) is 7.63. The molecule has 0 aromatic carbocycles. The monoisotopic (exact) mass is 231 g/mol. The number of hydrogen-bond donors (Lipinski definition) is 2. The van der Waals surface area contributed by atoms with E-state index >= 15 is 0 Å². The number of carbonyl (C=O) groups excluding carboxylic acids is 2. The van der Waals surface area contributed by atoms with E-state index in [1.54, 1.807) is 0 Å². The molecule has 92 valence electrons. The third kappa shape index (κ3) is 4.16. The first kappa shape index (κ1) is 12.9. The Morgan fingerprint density at radius 1 is 1.62 bits per heavy atom. The highest BCUT2D eigenvalue weighted by Crippen LogP contribution is 2.14. The molecule has 0 aromatic heterocycles. The third-order valence-corrected chi connectivity index (χ3v) is 2.40. The van der Waals surface area contributed by atoms with Crippen LogP contribution in [0, 0.1) is 0 Å². The minimum absolute atomic E-state index is 0.0322. The molecule has 1 saturated heterocycles. The van der Waals surface area contributed by atoms with E-state index in [4.69, 9.17) is 4.74 Å². The highest BCUT2D eigenvalue weighted by molar-refractivity contribution is 5.79. The van der Waals surface area contributed by atoms with Crippen LogP contribution < -0.4 is 5.32 Å². The first-order valence-corrected chi connectivity index (χ1v) is 5.27. The summed E-state index contributed by atoms with van der Waals surface area (Å²) in [7, 11) is 1.18. The van der Waals surface area contributed by atoms with Gasteiger partial charge in [-0.2, -0.15) is 0 Å². The molecule has 6 nitrogen and oxygen atoms in total. The van der Waals surface area contributed by atoms with Gasteiger partial charge < -0.3 is 19.9 Å². The van der Waals surface area contributed by atoms with Crippen LogP contribution in [0.5, 0.6) is 0 Å². The number of ether oxygens (including phenoxy) is 2. The zero-order valence-electron chi connectivity index (χ0n) is 9.27. The molecule has 6 heteroatoms. The number of rotatable bonds is 5. The number of carbonyl (C=O) groups is 2. The van der Waals surface area contributed by atoms with Crippen LogP contribution in [0.15, 0.2) is 0 Å². The zero-order valence-corrected chi connectivity index (χ0v) is 9.27. The summed E-state index contributed by atoms with van der Waals surface area (Å²) in [5.41, 5.74) is 0. The molecule has 0 saturated carbocycles. The van der Waals surface area contributed by atoms with Crippen LogP contribution in [-0.4, -0.2) is 49.5 Å². The molecule has 1 aliphatic heterocycles. The van der Waals surface area contributed by atoms with Crippen molar-refractivity contribution in [2.75, 3.05) is 20.3 Å². The summed E-state index contributed by atoms with van der Waals surface area (Å²) < 4.78 is 9.60. The maximum Gasteiger partial charge on any atom is 0.336 e. The van der Waals surface area contributed by atoms with Crippen LogP contribution in [0.25, 0.3) is 0 Å². The molecule has 0 radical (unpaired) electrons. The van der Waals surface area contributed by atoms with Gasteiger partial charge in [0.2, 0.25) is 5.91 Å². The van der Waals surface area contributed by atoms with Gasteiger partial charge >= 0.3 is 5.97 Å². The number of hydrogen-bond acceptors (Lipinski definition) is 5. The Labute approximate surface area is 93.9 Å². The van der Waals surface area contributed by atoms with Crippen LogP contribution >= 0.6 is 0 Å². The Balaban J connectivity index is 2.16. The Bertz CT molecular complexity index is 250. The van der Waals surface area contributed by atoms with Crippen molar-refractivity contribution in [1.82, 2.24) is 5.32 Å². The topological polar surface area (TPSA) is 84.9 Å². The summed E-state index contributed by atoms with van der Waals surface area (Å²) in [5, 5.41) is 11.7. The molecule has 2 atom stereocenters. The fourth-order valence-corrected chi connectivity index (χ4v) is 1.51. The van der Waals surface area contributed by atoms with Gasteiger partial charge in [0, 0.05) is 6.61 Å². The van der Waals surface area contributed by atoms with Crippen LogP contribution in [0.4, 0.5) is 0 Å². The number of methoxy groups -OCH3 is 1. The second-order valence-electron chi connectivity index (χ2n) is 3.68. The summed E-state index contributed by atoms with van der Waals surface area (Å²) in [5.74, 6) is -0.979. The number of nitrogens with one attached hydrogen (secondary N) is 1. The van der Waals surface area contributed by atoms with Crippen molar-refractivity contribution in [3.8, 4) is 0 Å². The lowest BCUT2D eigenvalue weighted by Gasteiger charge is -2.12. The van der Waals surface area contributed by atoms with Crippen molar-refractivity contribution in [2.24, 2.45) is 0 Å². The average Bonchev–Trinajstić information content (AvgIpc) is 2.77. The fraction of sp³-hybridized carbons (Fsp3) is 0.800. The van der Waals surface area contributed by atoms with Gasteiger partial charge in [-0.15, -0.1) is 0 Å². The number of esters is 1. The summed E-state index contributed by atoms with van der Waals surface area (Å²) in [4.78, 5) is 22.2. The second kappa shape index (κ2) is 6.44. The van der Waals surface area contributed by atoms with Crippen molar-refractivity contribution in [3.05, 3.63) is 0 Å². The van der Waals surface area contributed by atoms with E-state index < -0.39 is 12.1 Å². The smallest absolute Gasteiger partial charge is 0.336 e. The van der Waals surface area contributed by atoms with E-state index in [1.807, 2.05) is 0 Å². The molecule has 2 unspecified atom stereocenters. The van der Waals surface area contributed by atoms with Gasteiger partial charge in [0.05, 0.1) is 26.2 Å². The van der Waals surface area contributed by atoms with E-state index in [-0.39, 0.29) is 25.0 Å². The van der Waals surface area contributed by atoms with Crippen molar-refractivity contribution in [3.63, 3.8) is 0 Å². The summed E-state index contributed by atoms with van der Waals surface area (Å²) in [6.07, 6.45) is 0.789. The van der Waals surface area contributed by atoms with Crippen molar-refractivity contribution in [1.29, 1.82) is 0 Å². The Hall–Kier alpha value is -1.14. The second-order valence-corrected chi connectivity index (χ2v) is 3.68. The van der Waals surface area contributed by atoms with E-state index in [0.29, 0.717) is 6.61 Å². The summed E-state index contributed by atoms with van der Waals surface area (Å²) in [6, 6.07) is 0. The number of aliphatic hydroxyl groups is 1. The predicted molar refractivity (Wildman–Crippen MR) is 54.6 cm³/mol. The maximum atomic E-state index is 11.4. The van der Waals surface area contributed by atoms with E-state index in [2.05, 4.69) is 10.1 Å². The largest absolute Gasteiger partial charge is 0.467 e. The maximum absolute atomic E-state index is 11.4. The fourth-order valence-electron chi connectivity index (χ4n) is 1.51. The molecule has 16 heavy (non-hydrogen) atoms. The van der Waals surface area contributed by atoms with Crippen LogP contribution in [-0.2, 0) is 19.1 Å². The summed E-state index contributed by atoms with van der Waals surface area (Å²) in [6.45, 7) is 0.570. The lowest BCUT2D eigenvalue weighted by molar-refractivity contribution is -0.150. The molecular weight excluding hydrogens is 214 g/mol. The van der Waals surface area contributed by atoms with Crippen LogP contribution in [0.1, 0.15) is 19.3 Å². The molecule has 0 spiro atoms. The van der Waals surface area contributed by atoms with Gasteiger partial charge in [-0.05, 0) is 12.8 Å². The lowest BCUT2D eigenvalue weighted by atomic mass is 10.2. The van der Waals surface area contributed by atoms with Crippen molar-refractivity contribution >= 4 is 11.9 Å². The molecule has 0 aromatic rings. The molecule has 2 N–H and O–H groups in total. The van der Waals surface area contributed by atoms with Crippen molar-refractivity contribution in [2.45, 2.75) is 31.5 Å². The highest BCUT2D eigenvalue weighted by Gasteiger charge is 2.20. The standard InChI is InChI=1S/C10H17NO5/c1-15-10(14)8(12)6-11-9(13)5-7-3-2-4-16-7/h7-8,12H,2-6H2,1H3,(H,11,13). The van der Waals surface area contributed by atoms with Crippen molar-refractivity contribution < 1.29 is 24.2 Å². The predicted octanol–water partition coefficient (Wildman–Crippen LogP) is -0.794.